The van der Waals surface area contributed by atoms with Crippen molar-refractivity contribution in [1.29, 1.82) is 0 Å². The Morgan fingerprint density at radius 3 is 2.39 bits per heavy atom. The van der Waals surface area contributed by atoms with E-state index in [1.165, 1.54) is 45.7 Å². The van der Waals surface area contributed by atoms with Crippen LogP contribution in [0.2, 0.25) is 0 Å². The minimum atomic E-state index is -0.422. The molecule has 2 amide bonds. The van der Waals surface area contributed by atoms with Gasteiger partial charge in [0, 0.05) is 43.3 Å². The van der Waals surface area contributed by atoms with Crippen molar-refractivity contribution in [1.82, 2.24) is 19.8 Å². The molecular formula is C40H50N6O5. The first-order chi connectivity index (χ1) is 24.8. The van der Waals surface area contributed by atoms with Crippen molar-refractivity contribution < 1.29 is 23.8 Å². The minimum absolute atomic E-state index is 0.0274. The van der Waals surface area contributed by atoms with Gasteiger partial charge in [0.2, 0.25) is 17.7 Å². The summed E-state index contributed by atoms with van der Waals surface area (Å²) < 4.78 is 18.1. The molecule has 0 unspecified atom stereocenters. The van der Waals surface area contributed by atoms with E-state index >= 15 is 0 Å². The summed E-state index contributed by atoms with van der Waals surface area (Å²) in [6.07, 6.45) is 6.52. The molecule has 0 atom stereocenters. The molecule has 4 aromatic rings. The minimum Gasteiger partial charge on any atom is -0.493 e. The smallest absolute Gasteiger partial charge is 0.262 e. The molecule has 270 valence electrons. The SMILES string of the molecule is CCN(CC)C(=O)Cc1ccc(Oc2nc(Nc3cccc(OCCCN4CCCCC4)c3)ncc2C(=O)Nc2c(C)cccc2C)c(OC)c1. The number of methoxy groups -OCH3 is 1. The van der Waals surface area contributed by atoms with Crippen molar-refractivity contribution in [2.24, 2.45) is 0 Å². The monoisotopic (exact) mass is 694 g/mol. The fourth-order valence-corrected chi connectivity index (χ4v) is 6.18. The highest BCUT2D eigenvalue weighted by molar-refractivity contribution is 6.06. The number of hydrogen-bond acceptors (Lipinski definition) is 9. The number of nitrogens with zero attached hydrogens (tertiary/aromatic N) is 4. The number of carbonyl (C=O) groups excluding carboxylic acids is 2. The molecule has 0 radical (unpaired) electrons. The van der Waals surface area contributed by atoms with Gasteiger partial charge in [0.1, 0.15) is 11.3 Å². The Hall–Kier alpha value is -5.16. The van der Waals surface area contributed by atoms with E-state index in [4.69, 9.17) is 14.2 Å². The fourth-order valence-electron chi connectivity index (χ4n) is 6.18. The second-order valence-corrected chi connectivity index (χ2v) is 12.7. The lowest BCUT2D eigenvalue weighted by molar-refractivity contribution is -0.130. The first-order valence-electron chi connectivity index (χ1n) is 17.9. The molecule has 5 rings (SSSR count). The van der Waals surface area contributed by atoms with Crippen LogP contribution < -0.4 is 24.8 Å². The molecule has 2 N–H and O–H groups in total. The van der Waals surface area contributed by atoms with Crippen LogP contribution in [0.25, 0.3) is 0 Å². The predicted molar refractivity (Wildman–Crippen MR) is 201 cm³/mol. The number of benzene rings is 3. The fraction of sp³-hybridized carbons (Fsp3) is 0.400. The molecule has 2 heterocycles. The van der Waals surface area contributed by atoms with Crippen LogP contribution in [0.4, 0.5) is 17.3 Å². The molecule has 3 aromatic carbocycles. The summed E-state index contributed by atoms with van der Waals surface area (Å²) in [5, 5.41) is 6.24. The van der Waals surface area contributed by atoms with E-state index < -0.39 is 5.91 Å². The average molecular weight is 695 g/mol. The van der Waals surface area contributed by atoms with Crippen LogP contribution in [0.5, 0.6) is 23.1 Å². The molecule has 11 heteroatoms. The van der Waals surface area contributed by atoms with E-state index in [0.717, 1.165) is 41.1 Å². The number of aromatic nitrogens is 2. The van der Waals surface area contributed by atoms with Gasteiger partial charge in [0.15, 0.2) is 11.5 Å². The second kappa shape index (κ2) is 18.2. The third-order valence-electron chi connectivity index (χ3n) is 9.05. The van der Waals surface area contributed by atoms with E-state index in [1.54, 1.807) is 17.0 Å². The molecule has 1 saturated heterocycles. The Balaban J connectivity index is 1.36. The second-order valence-electron chi connectivity index (χ2n) is 12.7. The van der Waals surface area contributed by atoms with Crippen LogP contribution in [0.3, 0.4) is 0 Å². The van der Waals surface area contributed by atoms with Crippen LogP contribution in [-0.4, -0.2) is 78.0 Å². The number of amides is 2. The molecule has 0 saturated carbocycles. The normalized spacial score (nSPS) is 13.0. The van der Waals surface area contributed by atoms with Gasteiger partial charge >= 0.3 is 0 Å². The zero-order chi connectivity index (χ0) is 36.2. The molecule has 0 bridgehead atoms. The number of ether oxygens (including phenoxy) is 3. The number of likely N-dealkylation sites (tertiary alicyclic amines) is 1. The lowest BCUT2D eigenvalue weighted by Crippen LogP contribution is -2.31. The van der Waals surface area contributed by atoms with E-state index in [-0.39, 0.29) is 29.7 Å². The molecule has 1 aromatic heterocycles. The highest BCUT2D eigenvalue weighted by atomic mass is 16.5. The molecular weight excluding hydrogens is 644 g/mol. The summed E-state index contributed by atoms with van der Waals surface area (Å²) in [4.78, 5) is 39.9. The van der Waals surface area contributed by atoms with Crippen molar-refractivity contribution in [2.45, 2.75) is 59.8 Å². The van der Waals surface area contributed by atoms with Gasteiger partial charge in [0.25, 0.3) is 5.91 Å². The first kappa shape index (κ1) is 37.1. The third-order valence-corrected chi connectivity index (χ3v) is 9.05. The Bertz CT molecular complexity index is 1770. The number of piperidine rings is 1. The zero-order valence-electron chi connectivity index (χ0n) is 30.5. The Labute approximate surface area is 301 Å². The number of rotatable bonds is 16. The number of nitrogens with one attached hydrogen (secondary N) is 2. The van der Waals surface area contributed by atoms with E-state index in [1.807, 2.05) is 76.2 Å². The number of aryl methyl sites for hydroxylation is 2. The summed E-state index contributed by atoms with van der Waals surface area (Å²) in [6.45, 7) is 13.1. The number of likely N-dealkylation sites (N-methyl/N-ethyl adjacent to an activating group) is 1. The van der Waals surface area contributed by atoms with Crippen molar-refractivity contribution in [3.05, 3.63) is 89.1 Å². The number of anilines is 3. The summed E-state index contributed by atoms with van der Waals surface area (Å²) in [5.74, 6) is 1.35. The van der Waals surface area contributed by atoms with E-state index in [9.17, 15) is 9.59 Å². The number of hydrogen-bond donors (Lipinski definition) is 2. The maximum absolute atomic E-state index is 13.7. The standard InChI is InChI=1S/C40H50N6O5/c1-6-46(7-2)36(47)25-30-18-19-34(35(24-30)49-5)51-39-33(38(48)43-37-28(3)14-11-15-29(37)4)27-41-40(44-39)42-31-16-12-17-32(26-31)50-23-13-22-45-20-9-8-10-21-45/h11-12,14-19,24,26-27H,6-10,13,20-23,25H2,1-5H3,(H,43,48)(H,41,42,44). The first-order valence-corrected chi connectivity index (χ1v) is 17.9. The lowest BCUT2D eigenvalue weighted by Gasteiger charge is -2.26. The molecule has 1 fully saturated rings. The van der Waals surface area contributed by atoms with Crippen molar-refractivity contribution >= 4 is 29.1 Å². The van der Waals surface area contributed by atoms with Gasteiger partial charge in [-0.05, 0) is 101 Å². The molecule has 0 spiro atoms. The number of carbonyl (C=O) groups is 2. The van der Waals surface area contributed by atoms with Gasteiger partial charge in [-0.1, -0.05) is 36.8 Å². The van der Waals surface area contributed by atoms with Crippen molar-refractivity contribution in [3.63, 3.8) is 0 Å². The molecule has 1 aliphatic rings. The zero-order valence-corrected chi connectivity index (χ0v) is 30.5. The van der Waals surface area contributed by atoms with Crippen LogP contribution in [-0.2, 0) is 11.2 Å². The predicted octanol–water partition coefficient (Wildman–Crippen LogP) is 7.56. The Kier molecular flexibility index (Phi) is 13.2. The molecule has 51 heavy (non-hydrogen) atoms. The van der Waals surface area contributed by atoms with Crippen LogP contribution >= 0.6 is 0 Å². The van der Waals surface area contributed by atoms with Crippen LogP contribution in [0.1, 0.15) is 66.6 Å². The Morgan fingerprint density at radius 2 is 1.67 bits per heavy atom. The van der Waals surface area contributed by atoms with Crippen LogP contribution in [0.15, 0.2) is 66.9 Å². The van der Waals surface area contributed by atoms with Gasteiger partial charge in [-0.15, -0.1) is 0 Å². The summed E-state index contributed by atoms with van der Waals surface area (Å²) in [6, 6.07) is 18.7. The Morgan fingerprint density at radius 1 is 0.922 bits per heavy atom. The largest absolute Gasteiger partial charge is 0.493 e. The van der Waals surface area contributed by atoms with Gasteiger partial charge in [-0.2, -0.15) is 4.98 Å². The van der Waals surface area contributed by atoms with E-state index in [2.05, 4.69) is 25.5 Å². The molecule has 0 aliphatic carbocycles. The van der Waals surface area contributed by atoms with Gasteiger partial charge in [0.05, 0.1) is 20.1 Å². The third kappa shape index (κ3) is 10.2. The van der Waals surface area contributed by atoms with Gasteiger partial charge in [-0.3, -0.25) is 9.59 Å². The van der Waals surface area contributed by atoms with E-state index in [0.29, 0.717) is 36.9 Å². The topological polar surface area (TPSA) is 118 Å². The lowest BCUT2D eigenvalue weighted by atomic mass is 10.1. The quantitative estimate of drug-likeness (QED) is 0.115. The highest BCUT2D eigenvalue weighted by Gasteiger charge is 2.21. The summed E-state index contributed by atoms with van der Waals surface area (Å²) >= 11 is 0. The van der Waals surface area contributed by atoms with Gasteiger partial charge in [-0.25, -0.2) is 4.98 Å². The van der Waals surface area contributed by atoms with Crippen LogP contribution in [0, 0.1) is 13.8 Å². The van der Waals surface area contributed by atoms with Gasteiger partial charge < -0.3 is 34.6 Å². The number of para-hydroxylation sites is 1. The highest BCUT2D eigenvalue weighted by Crippen LogP contribution is 2.34. The maximum atomic E-state index is 13.7. The van der Waals surface area contributed by atoms with Crippen molar-refractivity contribution in [2.75, 3.05) is 57.1 Å². The molecule has 1 aliphatic heterocycles. The average Bonchev–Trinajstić information content (AvgIpc) is 3.13. The maximum Gasteiger partial charge on any atom is 0.262 e. The van der Waals surface area contributed by atoms with Crippen molar-refractivity contribution in [3.8, 4) is 23.1 Å². The summed E-state index contributed by atoms with van der Waals surface area (Å²) in [7, 11) is 1.53. The molecule has 11 nitrogen and oxygen atoms in total. The summed E-state index contributed by atoms with van der Waals surface area (Å²) in [5.41, 5.74) is 4.20.